The molecule has 3 aromatic heterocycles. The van der Waals surface area contributed by atoms with E-state index in [0.29, 0.717) is 17.4 Å². The standard InChI is InChI=1S/C16H19N5O2S/c1-20(2)7-8-21-6-5-14(19-21)18-15(22)10-12-11-23-16(17-12)13-4-3-9-24-13/h3-6,9,11H,7-8,10H2,1-2H3,(H,18,19,22). The highest BCUT2D eigenvalue weighted by molar-refractivity contribution is 7.13. The van der Waals surface area contributed by atoms with Gasteiger partial charge >= 0.3 is 0 Å². The van der Waals surface area contributed by atoms with E-state index in [4.69, 9.17) is 4.42 Å². The van der Waals surface area contributed by atoms with Crippen molar-refractivity contribution in [2.45, 2.75) is 13.0 Å². The summed E-state index contributed by atoms with van der Waals surface area (Å²) in [4.78, 5) is 19.5. The summed E-state index contributed by atoms with van der Waals surface area (Å²) in [6.45, 7) is 1.66. The molecule has 0 fully saturated rings. The zero-order chi connectivity index (χ0) is 16.9. The Kier molecular flexibility index (Phi) is 5.07. The Hall–Kier alpha value is -2.45. The lowest BCUT2D eigenvalue weighted by atomic mass is 10.3. The smallest absolute Gasteiger partial charge is 0.236 e. The minimum absolute atomic E-state index is 0.152. The molecule has 8 heteroatoms. The molecule has 0 spiro atoms. The summed E-state index contributed by atoms with van der Waals surface area (Å²) in [5.74, 6) is 0.917. The first-order valence-corrected chi connectivity index (χ1v) is 8.44. The number of aromatic nitrogens is 3. The van der Waals surface area contributed by atoms with Crippen LogP contribution in [0.3, 0.4) is 0 Å². The van der Waals surface area contributed by atoms with Crippen LogP contribution in [0.4, 0.5) is 5.82 Å². The third kappa shape index (κ3) is 4.30. The molecule has 0 atom stereocenters. The monoisotopic (exact) mass is 345 g/mol. The number of carbonyl (C=O) groups is 1. The van der Waals surface area contributed by atoms with Gasteiger partial charge in [0, 0.05) is 18.8 Å². The van der Waals surface area contributed by atoms with Crippen LogP contribution in [0.5, 0.6) is 0 Å². The number of rotatable bonds is 7. The van der Waals surface area contributed by atoms with E-state index in [1.54, 1.807) is 22.1 Å². The van der Waals surface area contributed by atoms with Gasteiger partial charge in [-0.05, 0) is 25.5 Å². The fourth-order valence-electron chi connectivity index (χ4n) is 2.11. The number of oxazole rings is 1. The molecule has 0 saturated heterocycles. The van der Waals surface area contributed by atoms with Gasteiger partial charge in [-0.3, -0.25) is 9.48 Å². The predicted octanol–water partition coefficient (Wildman–Crippen LogP) is 2.34. The minimum atomic E-state index is -0.168. The first-order valence-electron chi connectivity index (χ1n) is 7.56. The van der Waals surface area contributed by atoms with Crippen molar-refractivity contribution in [3.8, 4) is 10.8 Å². The maximum Gasteiger partial charge on any atom is 0.236 e. The van der Waals surface area contributed by atoms with Crippen molar-refractivity contribution in [2.24, 2.45) is 0 Å². The normalized spacial score (nSPS) is 11.1. The highest BCUT2D eigenvalue weighted by Gasteiger charge is 2.12. The molecule has 0 saturated carbocycles. The van der Waals surface area contributed by atoms with Crippen LogP contribution in [-0.4, -0.2) is 46.2 Å². The maximum atomic E-state index is 12.1. The number of hydrogen-bond donors (Lipinski definition) is 1. The van der Waals surface area contributed by atoms with Crippen LogP contribution in [-0.2, 0) is 17.8 Å². The third-order valence-corrected chi connectivity index (χ3v) is 4.17. The number of anilines is 1. The molecule has 0 aromatic carbocycles. The molecular weight excluding hydrogens is 326 g/mol. The van der Waals surface area contributed by atoms with Crippen LogP contribution in [0.2, 0.25) is 0 Å². The van der Waals surface area contributed by atoms with Crippen LogP contribution >= 0.6 is 11.3 Å². The van der Waals surface area contributed by atoms with Gasteiger partial charge < -0.3 is 14.6 Å². The van der Waals surface area contributed by atoms with E-state index in [9.17, 15) is 4.79 Å². The molecule has 3 rings (SSSR count). The van der Waals surface area contributed by atoms with Crippen LogP contribution in [0, 0.1) is 0 Å². The minimum Gasteiger partial charge on any atom is -0.444 e. The van der Waals surface area contributed by atoms with Crippen LogP contribution in [0.15, 0.2) is 40.5 Å². The van der Waals surface area contributed by atoms with Gasteiger partial charge in [-0.2, -0.15) is 5.10 Å². The second-order valence-corrected chi connectivity index (χ2v) is 6.56. The molecule has 0 unspecified atom stereocenters. The Balaban J connectivity index is 1.54. The number of nitrogens with one attached hydrogen (secondary N) is 1. The molecule has 1 amide bonds. The van der Waals surface area contributed by atoms with Crippen LogP contribution in [0.1, 0.15) is 5.69 Å². The van der Waals surface area contributed by atoms with E-state index in [-0.39, 0.29) is 12.3 Å². The van der Waals surface area contributed by atoms with Crippen molar-refractivity contribution in [1.82, 2.24) is 19.7 Å². The summed E-state index contributed by atoms with van der Waals surface area (Å²) in [5.41, 5.74) is 0.600. The summed E-state index contributed by atoms with van der Waals surface area (Å²) in [7, 11) is 4.02. The molecule has 0 aliphatic rings. The first kappa shape index (κ1) is 16.4. The van der Waals surface area contributed by atoms with E-state index in [2.05, 4.69) is 20.3 Å². The Bertz CT molecular complexity index is 791. The zero-order valence-electron chi connectivity index (χ0n) is 13.6. The van der Waals surface area contributed by atoms with E-state index in [0.717, 1.165) is 18.0 Å². The highest BCUT2D eigenvalue weighted by Crippen LogP contribution is 2.23. The summed E-state index contributed by atoms with van der Waals surface area (Å²) in [6, 6.07) is 5.65. The van der Waals surface area contributed by atoms with E-state index in [1.165, 1.54) is 6.26 Å². The van der Waals surface area contributed by atoms with Crippen molar-refractivity contribution < 1.29 is 9.21 Å². The molecule has 0 aliphatic heterocycles. The van der Waals surface area contributed by atoms with Gasteiger partial charge in [0.15, 0.2) is 5.82 Å². The zero-order valence-corrected chi connectivity index (χ0v) is 14.4. The lowest BCUT2D eigenvalue weighted by Crippen LogP contribution is -2.19. The lowest BCUT2D eigenvalue weighted by molar-refractivity contribution is -0.115. The average Bonchev–Trinajstić information content (AvgIpc) is 3.26. The molecular formula is C16H19N5O2S. The largest absolute Gasteiger partial charge is 0.444 e. The van der Waals surface area contributed by atoms with Gasteiger partial charge in [-0.1, -0.05) is 6.07 Å². The first-order chi connectivity index (χ1) is 11.6. The summed E-state index contributed by atoms with van der Waals surface area (Å²) < 4.78 is 7.22. The Labute approximate surface area is 143 Å². The van der Waals surface area contributed by atoms with Crippen molar-refractivity contribution >= 4 is 23.1 Å². The molecule has 126 valence electrons. The number of likely N-dealkylation sites (N-methyl/N-ethyl adjacent to an activating group) is 1. The average molecular weight is 345 g/mol. The number of hydrogen-bond acceptors (Lipinski definition) is 6. The van der Waals surface area contributed by atoms with Crippen molar-refractivity contribution in [2.75, 3.05) is 26.0 Å². The maximum absolute atomic E-state index is 12.1. The van der Waals surface area contributed by atoms with Gasteiger partial charge in [0.2, 0.25) is 11.8 Å². The van der Waals surface area contributed by atoms with Gasteiger partial charge in [-0.25, -0.2) is 4.98 Å². The molecule has 3 aromatic rings. The second kappa shape index (κ2) is 7.41. The second-order valence-electron chi connectivity index (χ2n) is 5.61. The molecule has 0 bridgehead atoms. The molecule has 0 aliphatic carbocycles. The molecule has 7 nitrogen and oxygen atoms in total. The van der Waals surface area contributed by atoms with E-state index in [1.807, 2.05) is 37.8 Å². The van der Waals surface area contributed by atoms with Crippen LogP contribution < -0.4 is 5.32 Å². The quantitative estimate of drug-likeness (QED) is 0.711. The summed E-state index contributed by atoms with van der Waals surface area (Å²) >= 11 is 1.55. The Morgan fingerprint density at radius 2 is 2.29 bits per heavy atom. The lowest BCUT2D eigenvalue weighted by Gasteiger charge is -2.08. The Morgan fingerprint density at radius 1 is 1.42 bits per heavy atom. The van der Waals surface area contributed by atoms with Gasteiger partial charge in [0.25, 0.3) is 0 Å². The van der Waals surface area contributed by atoms with Gasteiger partial charge in [0.1, 0.15) is 6.26 Å². The molecule has 1 N–H and O–H groups in total. The number of thiophene rings is 1. The van der Waals surface area contributed by atoms with E-state index < -0.39 is 0 Å². The van der Waals surface area contributed by atoms with Gasteiger partial charge in [-0.15, -0.1) is 11.3 Å². The van der Waals surface area contributed by atoms with Crippen molar-refractivity contribution in [3.05, 3.63) is 41.7 Å². The van der Waals surface area contributed by atoms with Crippen molar-refractivity contribution in [1.29, 1.82) is 0 Å². The molecule has 0 radical (unpaired) electrons. The number of nitrogens with zero attached hydrogens (tertiary/aromatic N) is 4. The van der Waals surface area contributed by atoms with E-state index >= 15 is 0 Å². The molecule has 24 heavy (non-hydrogen) atoms. The Morgan fingerprint density at radius 3 is 3.04 bits per heavy atom. The summed E-state index contributed by atoms with van der Waals surface area (Å²) in [6.07, 6.45) is 3.52. The third-order valence-electron chi connectivity index (χ3n) is 3.31. The highest BCUT2D eigenvalue weighted by atomic mass is 32.1. The van der Waals surface area contributed by atoms with Gasteiger partial charge in [0.05, 0.1) is 23.5 Å². The van der Waals surface area contributed by atoms with Crippen LogP contribution in [0.25, 0.3) is 10.8 Å². The fraction of sp³-hybridized carbons (Fsp3) is 0.312. The number of carbonyl (C=O) groups excluding carboxylic acids is 1. The molecule has 3 heterocycles. The number of amides is 1. The van der Waals surface area contributed by atoms with Crippen molar-refractivity contribution in [3.63, 3.8) is 0 Å². The summed E-state index contributed by atoms with van der Waals surface area (Å²) in [5, 5.41) is 9.06. The topological polar surface area (TPSA) is 76.2 Å². The SMILES string of the molecule is CN(C)CCn1ccc(NC(=O)Cc2coc(-c3cccs3)n2)n1. The fourth-order valence-corrected chi connectivity index (χ4v) is 2.76. The predicted molar refractivity (Wildman–Crippen MR) is 92.9 cm³/mol.